The van der Waals surface area contributed by atoms with E-state index in [9.17, 15) is 0 Å². The average Bonchev–Trinajstić information content (AvgIpc) is 2.98. The Labute approximate surface area is 147 Å². The number of nitrogens with two attached hydrogens (primary N) is 1. The highest BCUT2D eigenvalue weighted by molar-refractivity contribution is 5.75. The quantitative estimate of drug-likeness (QED) is 0.688. The first kappa shape index (κ1) is 17.0. The average molecular weight is 340 g/mol. The highest BCUT2D eigenvalue weighted by Crippen LogP contribution is 2.24. The minimum Gasteiger partial charge on any atom is -0.494 e. The molecule has 0 radical (unpaired) electrons. The summed E-state index contributed by atoms with van der Waals surface area (Å²) in [7, 11) is 4.09. The van der Waals surface area contributed by atoms with Gasteiger partial charge in [0, 0.05) is 24.7 Å². The van der Waals surface area contributed by atoms with E-state index in [1.807, 2.05) is 51.5 Å². The van der Waals surface area contributed by atoms with Crippen molar-refractivity contribution in [1.82, 2.24) is 19.5 Å². The number of nitrogens with zero attached hydrogens (tertiary/aromatic N) is 4. The van der Waals surface area contributed by atoms with Crippen molar-refractivity contribution >= 4 is 22.8 Å². The second-order valence-corrected chi connectivity index (χ2v) is 6.12. The lowest BCUT2D eigenvalue weighted by Gasteiger charge is -2.09. The molecule has 0 unspecified atom stereocenters. The van der Waals surface area contributed by atoms with Gasteiger partial charge < -0.3 is 20.7 Å². The number of nitrogens with one attached hydrogen (secondary N) is 1. The number of hydrogen-bond acceptors (Lipinski definition) is 6. The van der Waals surface area contributed by atoms with Gasteiger partial charge in [0.1, 0.15) is 11.6 Å². The van der Waals surface area contributed by atoms with E-state index in [1.165, 1.54) is 0 Å². The Morgan fingerprint density at radius 2 is 2.00 bits per heavy atom. The Kier molecular flexibility index (Phi) is 5.04. The van der Waals surface area contributed by atoms with E-state index >= 15 is 0 Å². The summed E-state index contributed by atoms with van der Waals surface area (Å²) < 4.78 is 7.21. The fourth-order valence-electron chi connectivity index (χ4n) is 2.55. The molecule has 2 aromatic heterocycles. The monoisotopic (exact) mass is 340 g/mol. The van der Waals surface area contributed by atoms with E-state index in [0.29, 0.717) is 12.4 Å². The molecule has 1 aromatic carbocycles. The van der Waals surface area contributed by atoms with Gasteiger partial charge in [0.25, 0.3) is 0 Å². The fourth-order valence-corrected chi connectivity index (χ4v) is 2.55. The highest BCUT2D eigenvalue weighted by Gasteiger charge is 2.10. The van der Waals surface area contributed by atoms with Crippen LogP contribution in [0.25, 0.3) is 5.65 Å². The van der Waals surface area contributed by atoms with Crippen LogP contribution < -0.4 is 15.8 Å². The van der Waals surface area contributed by atoms with Crippen LogP contribution in [-0.2, 0) is 6.42 Å². The van der Waals surface area contributed by atoms with Crippen LogP contribution in [0.15, 0.2) is 36.5 Å². The molecule has 0 aliphatic rings. The van der Waals surface area contributed by atoms with Gasteiger partial charge in [-0.05, 0) is 45.3 Å². The molecule has 3 N–H and O–H groups in total. The summed E-state index contributed by atoms with van der Waals surface area (Å²) in [5, 5.41) is 7.69. The fraction of sp³-hybridized carbons (Fsp3) is 0.333. The number of fused-ring (bicyclic) bond motifs is 1. The topological polar surface area (TPSA) is 80.7 Å². The summed E-state index contributed by atoms with van der Waals surface area (Å²) in [4.78, 5) is 6.83. The zero-order valence-corrected chi connectivity index (χ0v) is 14.9. The summed E-state index contributed by atoms with van der Waals surface area (Å²) in [5.74, 6) is 1.29. The van der Waals surface area contributed by atoms with E-state index in [4.69, 9.17) is 15.5 Å². The van der Waals surface area contributed by atoms with Crippen LogP contribution >= 0.6 is 0 Å². The summed E-state index contributed by atoms with van der Waals surface area (Å²) in [6.45, 7) is 3.55. The Bertz CT molecular complexity index is 841. The molecule has 0 saturated heterocycles. The van der Waals surface area contributed by atoms with Gasteiger partial charge in [0.15, 0.2) is 5.65 Å². The summed E-state index contributed by atoms with van der Waals surface area (Å²) >= 11 is 0. The number of likely N-dealkylation sites (N-methyl/N-ethyl adjacent to an activating group) is 1. The van der Waals surface area contributed by atoms with Crippen molar-refractivity contribution in [2.24, 2.45) is 0 Å². The smallest absolute Gasteiger partial charge is 0.177 e. The summed E-state index contributed by atoms with van der Waals surface area (Å²) in [6.07, 6.45) is 2.79. The van der Waals surface area contributed by atoms with Gasteiger partial charge in [-0.25, -0.2) is 9.50 Å². The van der Waals surface area contributed by atoms with E-state index in [0.717, 1.165) is 41.4 Å². The third kappa shape index (κ3) is 4.19. The second-order valence-electron chi connectivity index (χ2n) is 6.12. The largest absolute Gasteiger partial charge is 0.494 e. The Balaban J connectivity index is 1.86. The van der Waals surface area contributed by atoms with Gasteiger partial charge >= 0.3 is 0 Å². The zero-order chi connectivity index (χ0) is 17.8. The molecular weight excluding hydrogens is 316 g/mol. The van der Waals surface area contributed by atoms with Crippen molar-refractivity contribution in [2.75, 3.05) is 38.3 Å². The number of aromatic nitrogens is 3. The van der Waals surface area contributed by atoms with Gasteiger partial charge in [-0.3, -0.25) is 0 Å². The van der Waals surface area contributed by atoms with E-state index < -0.39 is 0 Å². The first-order valence-corrected chi connectivity index (χ1v) is 8.34. The molecule has 2 heterocycles. The minimum atomic E-state index is 0.442. The van der Waals surface area contributed by atoms with Crippen LogP contribution in [0, 0.1) is 0 Å². The number of nitrogen functional groups attached to an aromatic ring is 1. The van der Waals surface area contributed by atoms with Crippen molar-refractivity contribution < 1.29 is 4.74 Å². The molecule has 0 fully saturated rings. The van der Waals surface area contributed by atoms with Crippen LogP contribution in [0.5, 0.6) is 5.75 Å². The van der Waals surface area contributed by atoms with Crippen LogP contribution in [0.2, 0.25) is 0 Å². The van der Waals surface area contributed by atoms with Gasteiger partial charge in [-0.1, -0.05) is 0 Å². The zero-order valence-electron chi connectivity index (χ0n) is 14.9. The van der Waals surface area contributed by atoms with Crippen molar-refractivity contribution in [3.63, 3.8) is 0 Å². The predicted octanol–water partition coefficient (Wildman–Crippen LogP) is 2.56. The standard InChI is InChI=1S/C18H24N6O/c1-4-25-15-7-5-13(6-8-15)20-16-11-17(19)22-24-12-14(21-18(16)24)9-10-23(2)3/h5-8,11-12,20H,4,9-10H2,1-3H3,(H2,19,22). The Morgan fingerprint density at radius 1 is 1.24 bits per heavy atom. The molecule has 0 bridgehead atoms. The van der Waals surface area contributed by atoms with Crippen LogP contribution in [-0.4, -0.2) is 46.7 Å². The van der Waals surface area contributed by atoms with Crippen LogP contribution in [0.4, 0.5) is 17.2 Å². The third-order valence-electron chi connectivity index (χ3n) is 3.75. The molecule has 0 spiro atoms. The molecule has 3 rings (SSSR count). The maximum absolute atomic E-state index is 5.95. The lowest BCUT2D eigenvalue weighted by molar-refractivity contribution is 0.340. The molecule has 7 nitrogen and oxygen atoms in total. The number of anilines is 3. The molecule has 7 heteroatoms. The summed E-state index contributed by atoms with van der Waals surface area (Å²) in [5.41, 5.74) is 9.46. The van der Waals surface area contributed by atoms with E-state index in [1.54, 1.807) is 10.6 Å². The molecule has 0 saturated carbocycles. The maximum Gasteiger partial charge on any atom is 0.177 e. The normalized spacial score (nSPS) is 11.2. The molecule has 3 aromatic rings. The molecule has 0 amide bonds. The second kappa shape index (κ2) is 7.40. The number of hydrogen-bond donors (Lipinski definition) is 2. The van der Waals surface area contributed by atoms with Gasteiger partial charge in [0.2, 0.25) is 0 Å². The third-order valence-corrected chi connectivity index (χ3v) is 3.75. The number of rotatable bonds is 7. The Hall–Kier alpha value is -2.80. The number of ether oxygens (including phenoxy) is 1. The van der Waals surface area contributed by atoms with Crippen LogP contribution in [0.3, 0.4) is 0 Å². The van der Waals surface area contributed by atoms with Gasteiger partial charge in [-0.2, -0.15) is 0 Å². The molecule has 0 aliphatic heterocycles. The maximum atomic E-state index is 5.95. The lowest BCUT2D eigenvalue weighted by Crippen LogP contribution is -2.15. The van der Waals surface area contributed by atoms with Crippen molar-refractivity contribution in [1.29, 1.82) is 0 Å². The first-order chi connectivity index (χ1) is 12.0. The highest BCUT2D eigenvalue weighted by atomic mass is 16.5. The molecule has 132 valence electrons. The lowest BCUT2D eigenvalue weighted by atomic mass is 10.3. The van der Waals surface area contributed by atoms with E-state index in [2.05, 4.69) is 15.3 Å². The molecule has 25 heavy (non-hydrogen) atoms. The van der Waals surface area contributed by atoms with E-state index in [-0.39, 0.29) is 0 Å². The van der Waals surface area contributed by atoms with Crippen LogP contribution in [0.1, 0.15) is 12.6 Å². The minimum absolute atomic E-state index is 0.442. The molecule has 0 aliphatic carbocycles. The summed E-state index contributed by atoms with van der Waals surface area (Å²) in [6, 6.07) is 9.60. The number of imidazole rings is 1. The van der Waals surface area contributed by atoms with Crippen molar-refractivity contribution in [3.05, 3.63) is 42.2 Å². The van der Waals surface area contributed by atoms with Gasteiger partial charge in [-0.15, -0.1) is 5.10 Å². The molecule has 0 atom stereocenters. The first-order valence-electron chi connectivity index (χ1n) is 8.34. The van der Waals surface area contributed by atoms with Crippen molar-refractivity contribution in [2.45, 2.75) is 13.3 Å². The van der Waals surface area contributed by atoms with Crippen molar-refractivity contribution in [3.8, 4) is 5.75 Å². The van der Waals surface area contributed by atoms with Gasteiger partial charge in [0.05, 0.1) is 24.2 Å². The SMILES string of the molecule is CCOc1ccc(Nc2cc(N)nn3cc(CCN(C)C)nc23)cc1. The Morgan fingerprint density at radius 3 is 2.68 bits per heavy atom. The number of benzene rings is 1. The predicted molar refractivity (Wildman–Crippen MR) is 101 cm³/mol. The molecular formula is C18H24N6O.